The van der Waals surface area contributed by atoms with Crippen LogP contribution in [0.4, 0.5) is 0 Å². The first-order chi connectivity index (χ1) is 11.1. The third kappa shape index (κ3) is 6.58. The van der Waals surface area contributed by atoms with Crippen molar-refractivity contribution in [2.24, 2.45) is 4.99 Å². The van der Waals surface area contributed by atoms with E-state index in [9.17, 15) is 8.42 Å². The van der Waals surface area contributed by atoms with Gasteiger partial charge < -0.3 is 15.4 Å². The van der Waals surface area contributed by atoms with Crippen LogP contribution in [0.2, 0.25) is 0 Å². The van der Waals surface area contributed by atoms with Crippen molar-refractivity contribution in [1.82, 2.24) is 10.6 Å². The minimum atomic E-state index is -2.89. The standard InChI is InChI=1S/C16H25N3O3S/c1-2-17-16(19-15-8-11-23(20,21)13-15)18-9-10-22-12-14-6-4-3-5-7-14/h3-7,15H,2,8-13H2,1H3,(H2,17,18,19). The van der Waals surface area contributed by atoms with Crippen molar-refractivity contribution in [2.45, 2.75) is 26.0 Å². The maximum atomic E-state index is 11.5. The third-order valence-electron chi connectivity index (χ3n) is 3.53. The highest BCUT2D eigenvalue weighted by Crippen LogP contribution is 2.10. The maximum absolute atomic E-state index is 11.5. The third-order valence-corrected chi connectivity index (χ3v) is 5.30. The molecular formula is C16H25N3O3S. The molecule has 1 fully saturated rings. The van der Waals surface area contributed by atoms with Crippen molar-refractivity contribution in [2.75, 3.05) is 31.2 Å². The highest BCUT2D eigenvalue weighted by Gasteiger charge is 2.28. The van der Waals surface area contributed by atoms with Crippen LogP contribution in [-0.2, 0) is 21.2 Å². The molecule has 23 heavy (non-hydrogen) atoms. The van der Waals surface area contributed by atoms with Gasteiger partial charge in [0, 0.05) is 12.6 Å². The van der Waals surface area contributed by atoms with E-state index in [4.69, 9.17) is 4.74 Å². The van der Waals surface area contributed by atoms with E-state index < -0.39 is 9.84 Å². The Kier molecular flexibility index (Phi) is 6.85. The van der Waals surface area contributed by atoms with Crippen molar-refractivity contribution in [3.05, 3.63) is 35.9 Å². The minimum Gasteiger partial charge on any atom is -0.375 e. The summed E-state index contributed by atoms with van der Waals surface area (Å²) in [6, 6.07) is 9.94. The normalized spacial score (nSPS) is 20.4. The number of hydrogen-bond acceptors (Lipinski definition) is 4. The first kappa shape index (κ1) is 17.7. The predicted molar refractivity (Wildman–Crippen MR) is 92.3 cm³/mol. The van der Waals surface area contributed by atoms with Crippen LogP contribution in [0, 0.1) is 0 Å². The zero-order valence-electron chi connectivity index (χ0n) is 13.5. The van der Waals surface area contributed by atoms with E-state index in [-0.39, 0.29) is 17.5 Å². The number of sulfone groups is 1. The molecule has 7 heteroatoms. The fourth-order valence-corrected chi connectivity index (χ4v) is 4.08. The average Bonchev–Trinajstić information content (AvgIpc) is 2.87. The largest absolute Gasteiger partial charge is 0.375 e. The summed E-state index contributed by atoms with van der Waals surface area (Å²) in [5, 5.41) is 6.32. The lowest BCUT2D eigenvalue weighted by molar-refractivity contribution is 0.128. The van der Waals surface area contributed by atoms with E-state index in [2.05, 4.69) is 15.6 Å². The van der Waals surface area contributed by atoms with Crippen molar-refractivity contribution in [3.8, 4) is 0 Å². The van der Waals surface area contributed by atoms with Gasteiger partial charge in [-0.1, -0.05) is 30.3 Å². The van der Waals surface area contributed by atoms with Crippen molar-refractivity contribution >= 4 is 15.8 Å². The van der Waals surface area contributed by atoms with Gasteiger partial charge in [-0.3, -0.25) is 4.99 Å². The zero-order valence-corrected chi connectivity index (χ0v) is 14.3. The first-order valence-electron chi connectivity index (χ1n) is 7.96. The fourth-order valence-electron chi connectivity index (χ4n) is 2.41. The Bertz CT molecular complexity index is 602. The number of hydrogen-bond donors (Lipinski definition) is 2. The highest BCUT2D eigenvalue weighted by atomic mass is 32.2. The summed E-state index contributed by atoms with van der Waals surface area (Å²) in [7, 11) is -2.89. The molecule has 1 aromatic carbocycles. The van der Waals surface area contributed by atoms with E-state index in [1.54, 1.807) is 0 Å². The molecule has 1 heterocycles. The molecule has 1 unspecified atom stereocenters. The van der Waals surface area contributed by atoms with Crippen LogP contribution in [0.3, 0.4) is 0 Å². The second kappa shape index (κ2) is 8.88. The molecule has 0 amide bonds. The number of guanidine groups is 1. The molecule has 0 spiro atoms. The van der Waals surface area contributed by atoms with Gasteiger partial charge in [0.05, 0.1) is 31.3 Å². The van der Waals surface area contributed by atoms with E-state index in [0.29, 0.717) is 32.1 Å². The Balaban J connectivity index is 1.73. The predicted octanol–water partition coefficient (Wildman–Crippen LogP) is 0.945. The van der Waals surface area contributed by atoms with Gasteiger partial charge in [-0.2, -0.15) is 0 Å². The van der Waals surface area contributed by atoms with E-state index in [1.165, 1.54) is 0 Å². The molecule has 1 aliphatic heterocycles. The molecule has 0 aromatic heterocycles. The molecule has 2 N–H and O–H groups in total. The number of benzene rings is 1. The van der Waals surface area contributed by atoms with Crippen molar-refractivity contribution < 1.29 is 13.2 Å². The summed E-state index contributed by atoms with van der Waals surface area (Å²) in [6.07, 6.45) is 0.636. The monoisotopic (exact) mass is 339 g/mol. The van der Waals surface area contributed by atoms with Crippen LogP contribution in [0.1, 0.15) is 18.9 Å². The Morgan fingerprint density at radius 2 is 2.13 bits per heavy atom. The molecular weight excluding hydrogens is 314 g/mol. The second-order valence-electron chi connectivity index (χ2n) is 5.54. The Labute approximate surface area is 138 Å². The van der Waals surface area contributed by atoms with Gasteiger partial charge in [-0.15, -0.1) is 0 Å². The van der Waals surface area contributed by atoms with Crippen LogP contribution in [0.25, 0.3) is 0 Å². The van der Waals surface area contributed by atoms with Gasteiger partial charge in [0.2, 0.25) is 0 Å². The Hall–Kier alpha value is -1.60. The van der Waals surface area contributed by atoms with Gasteiger partial charge in [0.1, 0.15) is 0 Å². The van der Waals surface area contributed by atoms with Gasteiger partial charge in [0.25, 0.3) is 0 Å². The molecule has 0 aliphatic carbocycles. The van der Waals surface area contributed by atoms with E-state index in [1.807, 2.05) is 37.3 Å². The zero-order chi connectivity index (χ0) is 16.5. The number of ether oxygens (including phenoxy) is 1. The molecule has 6 nitrogen and oxygen atoms in total. The van der Waals surface area contributed by atoms with Crippen molar-refractivity contribution in [1.29, 1.82) is 0 Å². The lowest BCUT2D eigenvalue weighted by Gasteiger charge is -2.15. The topological polar surface area (TPSA) is 79.8 Å². The highest BCUT2D eigenvalue weighted by molar-refractivity contribution is 7.91. The van der Waals surface area contributed by atoms with Crippen LogP contribution >= 0.6 is 0 Å². The summed E-state index contributed by atoms with van der Waals surface area (Å²) >= 11 is 0. The Morgan fingerprint density at radius 1 is 1.35 bits per heavy atom. The van der Waals surface area contributed by atoms with Crippen LogP contribution < -0.4 is 10.6 Å². The summed E-state index contributed by atoms with van der Waals surface area (Å²) in [6.45, 7) is 4.34. The fraction of sp³-hybridized carbons (Fsp3) is 0.562. The summed E-state index contributed by atoms with van der Waals surface area (Å²) in [5.74, 6) is 1.09. The Morgan fingerprint density at radius 3 is 2.78 bits per heavy atom. The van der Waals surface area contributed by atoms with E-state index >= 15 is 0 Å². The lowest BCUT2D eigenvalue weighted by atomic mass is 10.2. The second-order valence-corrected chi connectivity index (χ2v) is 7.77. The van der Waals surface area contributed by atoms with Gasteiger partial charge >= 0.3 is 0 Å². The molecule has 1 saturated heterocycles. The van der Waals surface area contributed by atoms with Crippen LogP contribution in [0.15, 0.2) is 35.3 Å². The quantitative estimate of drug-likeness (QED) is 0.439. The van der Waals surface area contributed by atoms with Crippen molar-refractivity contribution in [3.63, 3.8) is 0 Å². The van der Waals surface area contributed by atoms with Gasteiger partial charge in [-0.05, 0) is 18.9 Å². The molecule has 1 aliphatic rings. The number of rotatable bonds is 7. The summed E-state index contributed by atoms with van der Waals surface area (Å²) in [4.78, 5) is 4.43. The van der Waals surface area contributed by atoms with E-state index in [0.717, 1.165) is 12.1 Å². The molecule has 1 atom stereocenters. The number of nitrogens with one attached hydrogen (secondary N) is 2. The number of nitrogens with zero attached hydrogens (tertiary/aromatic N) is 1. The summed E-state index contributed by atoms with van der Waals surface area (Å²) in [5.41, 5.74) is 1.14. The molecule has 1 aromatic rings. The lowest BCUT2D eigenvalue weighted by Crippen LogP contribution is -2.44. The molecule has 0 saturated carbocycles. The molecule has 128 valence electrons. The molecule has 2 rings (SSSR count). The molecule has 0 radical (unpaired) electrons. The van der Waals surface area contributed by atoms with Crippen LogP contribution in [0.5, 0.6) is 0 Å². The number of aliphatic imine (C=N–C) groups is 1. The van der Waals surface area contributed by atoms with Gasteiger partial charge in [0.15, 0.2) is 15.8 Å². The first-order valence-corrected chi connectivity index (χ1v) is 9.78. The maximum Gasteiger partial charge on any atom is 0.191 e. The SMILES string of the molecule is CCNC(=NCCOCc1ccccc1)NC1CCS(=O)(=O)C1. The minimum absolute atomic E-state index is 0.0527. The van der Waals surface area contributed by atoms with Crippen LogP contribution in [-0.4, -0.2) is 51.6 Å². The molecule has 0 bridgehead atoms. The summed E-state index contributed by atoms with van der Waals surface area (Å²) < 4.78 is 28.6. The smallest absolute Gasteiger partial charge is 0.191 e. The average molecular weight is 339 g/mol. The van der Waals surface area contributed by atoms with Gasteiger partial charge in [-0.25, -0.2) is 8.42 Å².